The van der Waals surface area contributed by atoms with Gasteiger partial charge in [-0.3, -0.25) is 9.10 Å². The molecule has 0 saturated carbocycles. The Morgan fingerprint density at radius 1 is 1.08 bits per heavy atom. The van der Waals surface area contributed by atoms with E-state index in [9.17, 15) is 13.2 Å². The lowest BCUT2D eigenvalue weighted by Crippen LogP contribution is -2.26. The van der Waals surface area contributed by atoms with Gasteiger partial charge in [0.2, 0.25) is 0 Å². The first-order chi connectivity index (χ1) is 12.3. The molecule has 2 aromatic rings. The van der Waals surface area contributed by atoms with Crippen molar-refractivity contribution in [3.63, 3.8) is 0 Å². The van der Waals surface area contributed by atoms with E-state index >= 15 is 0 Å². The lowest BCUT2D eigenvalue weighted by molar-refractivity contribution is 0.104. The molecule has 0 fully saturated rings. The molecular formula is C19H19N3O3S. The molecule has 26 heavy (non-hydrogen) atoms. The molecule has 0 atom stereocenters. The van der Waals surface area contributed by atoms with Crippen LogP contribution in [-0.4, -0.2) is 40.2 Å². The first-order valence-electron chi connectivity index (χ1n) is 7.74. The van der Waals surface area contributed by atoms with Gasteiger partial charge >= 0.3 is 0 Å². The summed E-state index contributed by atoms with van der Waals surface area (Å²) in [6, 6.07) is 14.1. The first kappa shape index (κ1) is 19.2. The molecule has 2 aromatic carbocycles. The van der Waals surface area contributed by atoms with Crippen molar-refractivity contribution in [3.8, 4) is 6.07 Å². The maximum atomic E-state index is 12.8. The molecule has 0 aromatic heterocycles. The van der Waals surface area contributed by atoms with Crippen LogP contribution in [0.3, 0.4) is 0 Å². The van der Waals surface area contributed by atoms with E-state index in [1.54, 1.807) is 43.4 Å². The smallest absolute Gasteiger partial charge is 0.264 e. The highest BCUT2D eigenvalue weighted by atomic mass is 32.2. The number of carbonyl (C=O) groups is 1. The van der Waals surface area contributed by atoms with Crippen LogP contribution in [0, 0.1) is 11.3 Å². The van der Waals surface area contributed by atoms with Crippen LogP contribution in [0.2, 0.25) is 0 Å². The molecule has 0 aliphatic heterocycles. The molecule has 0 unspecified atom stereocenters. The fraction of sp³-hybridized carbons (Fsp3) is 0.158. The zero-order chi connectivity index (χ0) is 19.3. The van der Waals surface area contributed by atoms with Crippen LogP contribution >= 0.6 is 0 Å². The summed E-state index contributed by atoms with van der Waals surface area (Å²) >= 11 is 0. The van der Waals surface area contributed by atoms with Crippen molar-refractivity contribution in [3.05, 3.63) is 71.9 Å². The second-order valence-corrected chi connectivity index (χ2v) is 7.78. The second kappa shape index (κ2) is 7.85. The van der Waals surface area contributed by atoms with Crippen LogP contribution in [0.1, 0.15) is 15.9 Å². The molecule has 0 aliphatic rings. The second-order valence-electron chi connectivity index (χ2n) is 5.81. The van der Waals surface area contributed by atoms with Crippen molar-refractivity contribution in [1.82, 2.24) is 4.90 Å². The van der Waals surface area contributed by atoms with Gasteiger partial charge in [0.1, 0.15) is 0 Å². The summed E-state index contributed by atoms with van der Waals surface area (Å²) in [5, 5.41) is 8.96. The minimum absolute atomic E-state index is 0.0169. The predicted molar refractivity (Wildman–Crippen MR) is 100 cm³/mol. The molecule has 0 aliphatic carbocycles. The minimum Gasteiger partial charge on any atom is -0.383 e. The zero-order valence-corrected chi connectivity index (χ0v) is 15.6. The van der Waals surface area contributed by atoms with Crippen LogP contribution in [0.25, 0.3) is 0 Å². The highest BCUT2D eigenvalue weighted by Crippen LogP contribution is 2.23. The number of anilines is 1. The van der Waals surface area contributed by atoms with E-state index in [-0.39, 0.29) is 16.2 Å². The Morgan fingerprint density at radius 2 is 1.77 bits per heavy atom. The van der Waals surface area contributed by atoms with E-state index < -0.39 is 10.0 Å². The molecule has 0 N–H and O–H groups in total. The lowest BCUT2D eigenvalue weighted by Gasteiger charge is -2.20. The van der Waals surface area contributed by atoms with Crippen LogP contribution in [0.5, 0.6) is 0 Å². The molecule has 2 rings (SSSR count). The summed E-state index contributed by atoms with van der Waals surface area (Å²) in [5.41, 5.74) is 1.00. The Bertz CT molecular complexity index is 989. The van der Waals surface area contributed by atoms with Crippen LogP contribution in [0.4, 0.5) is 5.69 Å². The van der Waals surface area contributed by atoms with E-state index in [2.05, 4.69) is 0 Å². The topological polar surface area (TPSA) is 81.5 Å². The minimum atomic E-state index is -3.85. The normalized spacial score (nSPS) is 11.2. The molecular weight excluding hydrogens is 350 g/mol. The van der Waals surface area contributed by atoms with E-state index in [1.807, 2.05) is 6.07 Å². The van der Waals surface area contributed by atoms with Gasteiger partial charge in [0.25, 0.3) is 10.0 Å². The maximum absolute atomic E-state index is 12.8. The monoisotopic (exact) mass is 369 g/mol. The molecule has 7 heteroatoms. The SMILES string of the molecule is CN(C)C=CC(=O)c1cccc(N(C)S(=O)(=O)c2cccc(C#N)c2)c1. The number of hydrogen-bond acceptors (Lipinski definition) is 5. The fourth-order valence-corrected chi connectivity index (χ4v) is 3.42. The Balaban J connectivity index is 2.37. The average Bonchev–Trinajstić information content (AvgIpc) is 2.65. The number of hydrogen-bond donors (Lipinski definition) is 0. The van der Waals surface area contributed by atoms with Gasteiger partial charge < -0.3 is 4.90 Å². The summed E-state index contributed by atoms with van der Waals surface area (Å²) in [5.74, 6) is -0.224. The molecule has 0 heterocycles. The molecule has 0 saturated heterocycles. The highest BCUT2D eigenvalue weighted by molar-refractivity contribution is 7.92. The molecule has 6 nitrogen and oxygen atoms in total. The third-order valence-corrected chi connectivity index (χ3v) is 5.42. The molecule has 0 radical (unpaired) electrons. The van der Waals surface area contributed by atoms with Gasteiger partial charge in [-0.1, -0.05) is 18.2 Å². The van der Waals surface area contributed by atoms with Gasteiger partial charge in [0.05, 0.1) is 22.2 Å². The van der Waals surface area contributed by atoms with E-state index in [1.165, 1.54) is 43.5 Å². The molecule has 0 bridgehead atoms. The average molecular weight is 369 g/mol. The number of benzene rings is 2. The summed E-state index contributed by atoms with van der Waals surface area (Å²) < 4.78 is 26.7. The molecule has 0 amide bonds. The summed E-state index contributed by atoms with van der Waals surface area (Å²) in [6.07, 6.45) is 3.05. The van der Waals surface area contributed by atoms with E-state index in [0.717, 1.165) is 4.31 Å². The first-order valence-corrected chi connectivity index (χ1v) is 9.18. The van der Waals surface area contributed by atoms with Crippen molar-refractivity contribution < 1.29 is 13.2 Å². The van der Waals surface area contributed by atoms with Crippen LogP contribution in [-0.2, 0) is 10.0 Å². The number of nitriles is 1. The Labute approximate surface area is 153 Å². The van der Waals surface area contributed by atoms with Gasteiger partial charge in [-0.2, -0.15) is 5.26 Å². The maximum Gasteiger partial charge on any atom is 0.264 e. The Kier molecular flexibility index (Phi) is 5.80. The number of nitrogens with zero attached hydrogens (tertiary/aromatic N) is 3. The van der Waals surface area contributed by atoms with Gasteiger partial charge in [-0.25, -0.2) is 8.42 Å². The predicted octanol–water partition coefficient (Wildman–Crippen LogP) is 2.64. The van der Waals surface area contributed by atoms with Gasteiger partial charge in [0, 0.05) is 39.0 Å². The van der Waals surface area contributed by atoms with Gasteiger partial charge in [-0.15, -0.1) is 0 Å². The number of allylic oxidation sites excluding steroid dienone is 1. The quantitative estimate of drug-likeness (QED) is 0.577. The van der Waals surface area contributed by atoms with Crippen molar-refractivity contribution in [2.24, 2.45) is 0 Å². The lowest BCUT2D eigenvalue weighted by atomic mass is 10.1. The number of sulfonamides is 1. The highest BCUT2D eigenvalue weighted by Gasteiger charge is 2.22. The third-order valence-electron chi connectivity index (χ3n) is 3.64. The van der Waals surface area contributed by atoms with E-state index in [0.29, 0.717) is 11.3 Å². The number of ketones is 1. The van der Waals surface area contributed by atoms with Crippen LogP contribution in [0.15, 0.2) is 65.7 Å². The standard InChI is InChI=1S/C19H19N3O3S/c1-21(2)11-10-19(23)16-7-5-8-17(13-16)22(3)26(24,25)18-9-4-6-15(12-18)14-20/h4-13H,1-3H3. The number of rotatable bonds is 6. The Hall–Kier alpha value is -3.11. The Morgan fingerprint density at radius 3 is 2.42 bits per heavy atom. The fourth-order valence-electron chi connectivity index (χ4n) is 2.19. The van der Waals surface area contributed by atoms with Crippen molar-refractivity contribution in [1.29, 1.82) is 5.26 Å². The summed E-state index contributed by atoms with van der Waals surface area (Å²) in [7, 11) is 1.17. The number of carbonyl (C=O) groups excluding carboxylic acids is 1. The van der Waals surface area contributed by atoms with Crippen molar-refractivity contribution >= 4 is 21.5 Å². The van der Waals surface area contributed by atoms with Gasteiger partial charge in [-0.05, 0) is 30.3 Å². The third kappa shape index (κ3) is 4.29. The molecule has 0 spiro atoms. The van der Waals surface area contributed by atoms with Crippen LogP contribution < -0.4 is 4.31 Å². The van der Waals surface area contributed by atoms with Crippen molar-refractivity contribution in [2.75, 3.05) is 25.4 Å². The molecule has 134 valence electrons. The van der Waals surface area contributed by atoms with Crippen molar-refractivity contribution in [2.45, 2.75) is 4.90 Å². The van der Waals surface area contributed by atoms with E-state index in [4.69, 9.17) is 5.26 Å². The largest absolute Gasteiger partial charge is 0.383 e. The summed E-state index contributed by atoms with van der Waals surface area (Å²) in [4.78, 5) is 14.0. The van der Waals surface area contributed by atoms with Gasteiger partial charge in [0.15, 0.2) is 5.78 Å². The summed E-state index contributed by atoms with van der Waals surface area (Å²) in [6.45, 7) is 0. The zero-order valence-electron chi connectivity index (χ0n) is 14.7.